The number of nitrogens with one attached hydrogen (secondary N) is 2. The van der Waals surface area contributed by atoms with Gasteiger partial charge in [0.05, 0.1) is 6.54 Å². The van der Waals surface area contributed by atoms with E-state index in [1.54, 1.807) is 12.1 Å². The minimum absolute atomic E-state index is 0.0717. The largest absolute Gasteiger partial charge is 0.352 e. The minimum atomic E-state index is -0.640. The molecule has 0 saturated heterocycles. The number of hydrogen-bond donors (Lipinski definition) is 2. The lowest BCUT2D eigenvalue weighted by atomic mass is 10.0. The number of halogens is 1. The molecule has 1 unspecified atom stereocenters. The van der Waals surface area contributed by atoms with Crippen LogP contribution in [0.2, 0.25) is 0 Å². The van der Waals surface area contributed by atoms with Crippen LogP contribution in [0.25, 0.3) is 0 Å². The first-order valence-electron chi connectivity index (χ1n) is 10.1. The van der Waals surface area contributed by atoms with Gasteiger partial charge in [-0.1, -0.05) is 37.3 Å². The van der Waals surface area contributed by atoms with Gasteiger partial charge in [-0.05, 0) is 62.1 Å². The summed E-state index contributed by atoms with van der Waals surface area (Å²) in [6.45, 7) is 4.58. The van der Waals surface area contributed by atoms with E-state index in [9.17, 15) is 14.0 Å². The molecule has 0 heterocycles. The topological polar surface area (TPSA) is 61.4 Å². The monoisotopic (exact) mass is 397 g/mol. The highest BCUT2D eigenvalue weighted by Gasteiger charge is 2.32. The fourth-order valence-electron chi connectivity index (χ4n) is 3.35. The number of nitrogens with zero attached hydrogens (tertiary/aromatic N) is 1. The van der Waals surface area contributed by atoms with Crippen LogP contribution in [-0.4, -0.2) is 35.8 Å². The van der Waals surface area contributed by atoms with Crippen molar-refractivity contribution in [3.05, 3.63) is 65.5 Å². The van der Waals surface area contributed by atoms with Crippen molar-refractivity contribution >= 4 is 17.5 Å². The van der Waals surface area contributed by atoms with Crippen molar-refractivity contribution in [2.24, 2.45) is 0 Å². The van der Waals surface area contributed by atoms with Crippen LogP contribution in [0, 0.1) is 12.7 Å². The van der Waals surface area contributed by atoms with Crippen LogP contribution in [-0.2, 0) is 9.59 Å². The quantitative estimate of drug-likeness (QED) is 0.677. The SMILES string of the molecule is CCCN(CC(=O)Nc1ccccc1C)C(C(=O)NC1CC1)c1ccc(F)cc1. The summed E-state index contributed by atoms with van der Waals surface area (Å²) in [5.74, 6) is -0.676. The van der Waals surface area contributed by atoms with Crippen molar-refractivity contribution in [2.45, 2.75) is 45.2 Å². The highest BCUT2D eigenvalue weighted by atomic mass is 19.1. The number of para-hydroxylation sites is 1. The zero-order valence-corrected chi connectivity index (χ0v) is 17.0. The molecule has 5 nitrogen and oxygen atoms in total. The summed E-state index contributed by atoms with van der Waals surface area (Å²) in [6.07, 6.45) is 2.74. The Morgan fingerprint density at radius 1 is 1.14 bits per heavy atom. The maximum Gasteiger partial charge on any atom is 0.242 e. The maximum absolute atomic E-state index is 13.4. The van der Waals surface area contributed by atoms with Gasteiger partial charge in [0.1, 0.15) is 11.9 Å². The zero-order chi connectivity index (χ0) is 20.8. The molecule has 0 aliphatic heterocycles. The van der Waals surface area contributed by atoms with E-state index in [4.69, 9.17) is 0 Å². The molecule has 154 valence electrons. The van der Waals surface area contributed by atoms with Gasteiger partial charge in [0, 0.05) is 11.7 Å². The van der Waals surface area contributed by atoms with Crippen LogP contribution >= 0.6 is 0 Å². The Kier molecular flexibility index (Phi) is 6.99. The first-order chi connectivity index (χ1) is 14.0. The number of aryl methyl sites for hydroxylation is 1. The smallest absolute Gasteiger partial charge is 0.242 e. The Bertz CT molecular complexity index is 849. The average molecular weight is 397 g/mol. The van der Waals surface area contributed by atoms with Crippen LogP contribution in [0.5, 0.6) is 0 Å². The fraction of sp³-hybridized carbons (Fsp3) is 0.391. The van der Waals surface area contributed by atoms with Crippen LogP contribution < -0.4 is 10.6 Å². The Morgan fingerprint density at radius 2 is 1.83 bits per heavy atom. The highest BCUT2D eigenvalue weighted by molar-refractivity contribution is 5.93. The standard InChI is InChI=1S/C23H28FN3O2/c1-3-14-27(15-21(28)26-20-7-5-4-6-16(20)2)22(23(29)25-19-12-13-19)17-8-10-18(24)11-9-17/h4-11,19,22H,3,12-15H2,1-2H3,(H,25,29)(H,26,28). The molecule has 0 aromatic heterocycles. The number of hydrogen-bond acceptors (Lipinski definition) is 3. The van der Waals surface area contributed by atoms with E-state index in [-0.39, 0.29) is 30.2 Å². The molecule has 2 amide bonds. The molecule has 2 aromatic carbocycles. The molecule has 0 spiro atoms. The van der Waals surface area contributed by atoms with E-state index in [0.717, 1.165) is 30.5 Å². The Morgan fingerprint density at radius 3 is 2.45 bits per heavy atom. The van der Waals surface area contributed by atoms with Gasteiger partial charge in [-0.25, -0.2) is 4.39 Å². The van der Waals surface area contributed by atoms with E-state index in [2.05, 4.69) is 10.6 Å². The van der Waals surface area contributed by atoms with Crippen molar-refractivity contribution in [1.29, 1.82) is 0 Å². The van der Waals surface area contributed by atoms with Gasteiger partial charge in [0.15, 0.2) is 0 Å². The van der Waals surface area contributed by atoms with Crippen LogP contribution in [0.4, 0.5) is 10.1 Å². The van der Waals surface area contributed by atoms with Gasteiger partial charge in [-0.3, -0.25) is 14.5 Å². The highest BCUT2D eigenvalue weighted by Crippen LogP contribution is 2.26. The molecule has 1 saturated carbocycles. The molecule has 3 rings (SSSR count). The summed E-state index contributed by atoms with van der Waals surface area (Å²) in [5, 5.41) is 5.97. The molecule has 0 radical (unpaired) electrons. The summed E-state index contributed by atoms with van der Waals surface area (Å²) < 4.78 is 13.4. The number of amides is 2. The lowest BCUT2D eigenvalue weighted by molar-refractivity contribution is -0.128. The zero-order valence-electron chi connectivity index (χ0n) is 17.0. The Hall–Kier alpha value is -2.73. The van der Waals surface area contributed by atoms with E-state index in [1.807, 2.05) is 43.0 Å². The summed E-state index contributed by atoms with van der Waals surface area (Å²) in [6, 6.07) is 13.1. The molecule has 1 atom stereocenters. The first-order valence-corrected chi connectivity index (χ1v) is 10.1. The average Bonchev–Trinajstić information content (AvgIpc) is 3.49. The molecule has 1 aliphatic rings. The van der Waals surface area contributed by atoms with Crippen molar-refractivity contribution in [3.8, 4) is 0 Å². The second-order valence-electron chi connectivity index (χ2n) is 7.57. The molecular weight excluding hydrogens is 369 g/mol. The van der Waals surface area contributed by atoms with Gasteiger partial charge < -0.3 is 10.6 Å². The molecular formula is C23H28FN3O2. The minimum Gasteiger partial charge on any atom is -0.352 e. The summed E-state index contributed by atoms with van der Waals surface area (Å²) in [7, 11) is 0. The normalized spacial score (nSPS) is 14.5. The third kappa shape index (κ3) is 5.87. The van der Waals surface area contributed by atoms with Crippen molar-refractivity contribution in [1.82, 2.24) is 10.2 Å². The number of carbonyl (C=O) groups is 2. The number of rotatable bonds is 9. The predicted molar refractivity (Wildman–Crippen MR) is 112 cm³/mol. The Labute approximate surface area is 171 Å². The number of carbonyl (C=O) groups excluding carboxylic acids is 2. The van der Waals surface area contributed by atoms with E-state index >= 15 is 0 Å². The lowest BCUT2D eigenvalue weighted by Gasteiger charge is -2.30. The number of anilines is 1. The van der Waals surface area contributed by atoms with Crippen molar-refractivity contribution in [2.75, 3.05) is 18.4 Å². The second kappa shape index (κ2) is 9.65. The lowest BCUT2D eigenvalue weighted by Crippen LogP contribution is -2.44. The molecule has 1 aliphatic carbocycles. The van der Waals surface area contributed by atoms with Crippen molar-refractivity contribution in [3.63, 3.8) is 0 Å². The Balaban J connectivity index is 1.80. The molecule has 29 heavy (non-hydrogen) atoms. The first kappa shape index (κ1) is 21.0. The third-order valence-electron chi connectivity index (χ3n) is 5.00. The van der Waals surface area contributed by atoms with Crippen LogP contribution in [0.1, 0.15) is 43.4 Å². The van der Waals surface area contributed by atoms with E-state index < -0.39 is 6.04 Å². The third-order valence-corrected chi connectivity index (χ3v) is 5.00. The molecule has 0 bridgehead atoms. The van der Waals surface area contributed by atoms with Gasteiger partial charge in [0.25, 0.3) is 0 Å². The molecule has 2 aromatic rings. The summed E-state index contributed by atoms with van der Waals surface area (Å²) >= 11 is 0. The maximum atomic E-state index is 13.4. The molecule has 6 heteroatoms. The van der Waals surface area contributed by atoms with Gasteiger partial charge in [-0.2, -0.15) is 0 Å². The number of benzene rings is 2. The van der Waals surface area contributed by atoms with E-state index in [1.165, 1.54) is 12.1 Å². The summed E-state index contributed by atoms with van der Waals surface area (Å²) in [5.41, 5.74) is 2.42. The van der Waals surface area contributed by atoms with Crippen LogP contribution in [0.15, 0.2) is 48.5 Å². The molecule has 1 fully saturated rings. The van der Waals surface area contributed by atoms with Crippen molar-refractivity contribution < 1.29 is 14.0 Å². The fourth-order valence-corrected chi connectivity index (χ4v) is 3.35. The van der Waals surface area contributed by atoms with E-state index in [0.29, 0.717) is 12.1 Å². The van der Waals surface area contributed by atoms with Gasteiger partial charge in [0.2, 0.25) is 11.8 Å². The van der Waals surface area contributed by atoms with Crippen LogP contribution in [0.3, 0.4) is 0 Å². The van der Waals surface area contributed by atoms with Gasteiger partial charge >= 0.3 is 0 Å². The predicted octanol–water partition coefficient (Wildman–Crippen LogP) is 3.80. The second-order valence-corrected chi connectivity index (χ2v) is 7.57. The van der Waals surface area contributed by atoms with Gasteiger partial charge in [-0.15, -0.1) is 0 Å². The summed E-state index contributed by atoms with van der Waals surface area (Å²) in [4.78, 5) is 27.6. The molecule has 2 N–H and O–H groups in total.